The van der Waals surface area contributed by atoms with Crippen molar-refractivity contribution >= 4 is 42.3 Å². The molecule has 156 valence electrons. The highest BCUT2D eigenvalue weighted by Gasteiger charge is 2.21. The summed E-state index contributed by atoms with van der Waals surface area (Å²) in [5.74, 6) is 1.35. The van der Waals surface area contributed by atoms with Crippen molar-refractivity contribution in [3.05, 3.63) is 41.6 Å². The number of aromatic nitrogens is 3. The van der Waals surface area contributed by atoms with E-state index in [1.807, 2.05) is 48.9 Å². The van der Waals surface area contributed by atoms with E-state index in [0.717, 1.165) is 67.0 Å². The summed E-state index contributed by atoms with van der Waals surface area (Å²) >= 11 is 6.39. The summed E-state index contributed by atoms with van der Waals surface area (Å²) in [4.78, 5) is 16.9. The van der Waals surface area contributed by atoms with Gasteiger partial charge in [-0.2, -0.15) is 9.61 Å². The Balaban J connectivity index is 1.37. The van der Waals surface area contributed by atoms with Gasteiger partial charge in [0.05, 0.1) is 5.69 Å². The maximum Gasteiger partial charge on any atom is 0.223 e. The first kappa shape index (κ1) is 20.7. The molecule has 0 unspecified atom stereocenters. The van der Waals surface area contributed by atoms with Gasteiger partial charge in [0, 0.05) is 41.9 Å². The highest BCUT2D eigenvalue weighted by molar-refractivity contribution is 6.36. The van der Waals surface area contributed by atoms with Crippen LogP contribution >= 0.6 is 11.6 Å². The van der Waals surface area contributed by atoms with E-state index in [9.17, 15) is 4.79 Å². The number of amides is 1. The third-order valence-electron chi connectivity index (χ3n) is 5.73. The van der Waals surface area contributed by atoms with Gasteiger partial charge in [-0.05, 0) is 37.2 Å². The number of unbranched alkanes of at least 4 members (excludes halogenated alkanes) is 1. The van der Waals surface area contributed by atoms with E-state index in [2.05, 4.69) is 15.7 Å². The van der Waals surface area contributed by atoms with Gasteiger partial charge < -0.3 is 10.6 Å². The van der Waals surface area contributed by atoms with Gasteiger partial charge in [0.25, 0.3) is 0 Å². The number of hydrogen-bond acceptors (Lipinski definition) is 4. The molecule has 1 aromatic carbocycles. The minimum Gasteiger partial charge on any atom is -0.370 e. The SMILES string of the molecule is Bc1cnn2c(NCCCCNC(=O)C3CCCC3)cc(-c3ccccc3Cl)nc12. The molecule has 0 radical (unpaired) electrons. The monoisotopic (exact) mass is 423 g/mol. The zero-order valence-corrected chi connectivity index (χ0v) is 18.1. The molecule has 0 bridgehead atoms. The maximum absolute atomic E-state index is 12.1. The van der Waals surface area contributed by atoms with Gasteiger partial charge in [-0.15, -0.1) is 0 Å². The van der Waals surface area contributed by atoms with Gasteiger partial charge in [-0.1, -0.05) is 42.6 Å². The van der Waals surface area contributed by atoms with E-state index in [-0.39, 0.29) is 11.8 Å². The lowest BCUT2D eigenvalue weighted by Gasteiger charge is -2.12. The fourth-order valence-electron chi connectivity index (χ4n) is 4.02. The van der Waals surface area contributed by atoms with Crippen LogP contribution in [-0.4, -0.2) is 41.4 Å². The number of carbonyl (C=O) groups excluding carboxylic acids is 1. The van der Waals surface area contributed by atoms with E-state index in [0.29, 0.717) is 5.02 Å². The van der Waals surface area contributed by atoms with Crippen molar-refractivity contribution in [2.24, 2.45) is 5.92 Å². The number of benzene rings is 1. The lowest BCUT2D eigenvalue weighted by Crippen LogP contribution is -2.30. The van der Waals surface area contributed by atoms with Crippen LogP contribution in [0.5, 0.6) is 0 Å². The summed E-state index contributed by atoms with van der Waals surface area (Å²) < 4.78 is 1.83. The molecular formula is C22H27BClN5O. The van der Waals surface area contributed by atoms with Gasteiger partial charge in [0.2, 0.25) is 5.91 Å². The van der Waals surface area contributed by atoms with Crippen LogP contribution in [0, 0.1) is 5.92 Å². The van der Waals surface area contributed by atoms with Crippen LogP contribution in [-0.2, 0) is 4.79 Å². The molecule has 1 amide bonds. The summed E-state index contributed by atoms with van der Waals surface area (Å²) in [5, 5.41) is 11.7. The molecular weight excluding hydrogens is 397 g/mol. The fraction of sp³-hybridized carbons (Fsp3) is 0.409. The Labute approximate surface area is 182 Å². The summed E-state index contributed by atoms with van der Waals surface area (Å²) in [6.07, 6.45) is 8.18. The number of rotatable bonds is 8. The molecule has 30 heavy (non-hydrogen) atoms. The predicted octanol–water partition coefficient (Wildman–Crippen LogP) is 2.81. The molecule has 4 rings (SSSR count). The molecule has 0 atom stereocenters. The van der Waals surface area contributed by atoms with Gasteiger partial charge in [-0.3, -0.25) is 4.79 Å². The largest absolute Gasteiger partial charge is 0.370 e. The van der Waals surface area contributed by atoms with Crippen molar-refractivity contribution in [1.82, 2.24) is 19.9 Å². The highest BCUT2D eigenvalue weighted by Crippen LogP contribution is 2.28. The van der Waals surface area contributed by atoms with E-state index >= 15 is 0 Å². The van der Waals surface area contributed by atoms with Crippen molar-refractivity contribution in [1.29, 1.82) is 0 Å². The average Bonchev–Trinajstić information content (AvgIpc) is 3.41. The smallest absolute Gasteiger partial charge is 0.223 e. The Morgan fingerprint density at radius 2 is 1.97 bits per heavy atom. The van der Waals surface area contributed by atoms with E-state index in [1.165, 1.54) is 12.8 Å². The Morgan fingerprint density at radius 3 is 2.77 bits per heavy atom. The third kappa shape index (κ3) is 4.62. The topological polar surface area (TPSA) is 71.3 Å². The number of nitrogens with one attached hydrogen (secondary N) is 2. The lowest BCUT2D eigenvalue weighted by atomic mass is 10.0. The number of hydrogen-bond donors (Lipinski definition) is 2. The Bertz CT molecular complexity index is 1030. The number of anilines is 1. The fourth-order valence-corrected chi connectivity index (χ4v) is 4.25. The van der Waals surface area contributed by atoms with Gasteiger partial charge in [0.15, 0.2) is 5.65 Å². The molecule has 1 aliphatic carbocycles. The first-order valence-electron chi connectivity index (χ1n) is 10.8. The Hall–Kier alpha value is -2.54. The second-order valence-corrected chi connectivity index (χ2v) is 8.38. The summed E-state index contributed by atoms with van der Waals surface area (Å²) in [5.41, 5.74) is 3.56. The summed E-state index contributed by atoms with van der Waals surface area (Å²) in [7, 11) is 2.00. The molecule has 2 N–H and O–H groups in total. The Morgan fingerprint density at radius 1 is 1.20 bits per heavy atom. The summed E-state index contributed by atoms with van der Waals surface area (Å²) in [6.45, 7) is 1.52. The third-order valence-corrected chi connectivity index (χ3v) is 6.06. The van der Waals surface area contributed by atoms with Crippen LogP contribution in [0.3, 0.4) is 0 Å². The minimum absolute atomic E-state index is 0.229. The normalized spacial score (nSPS) is 14.3. The molecule has 0 saturated heterocycles. The first-order chi connectivity index (χ1) is 14.6. The lowest BCUT2D eigenvalue weighted by molar-refractivity contribution is -0.124. The van der Waals surface area contributed by atoms with Gasteiger partial charge in [0.1, 0.15) is 13.7 Å². The zero-order chi connectivity index (χ0) is 20.9. The summed E-state index contributed by atoms with van der Waals surface area (Å²) in [6, 6.07) is 9.72. The number of halogens is 1. The minimum atomic E-state index is 0.229. The molecule has 0 aliphatic heterocycles. The number of carbonyl (C=O) groups is 1. The Kier molecular flexibility index (Phi) is 6.57. The molecule has 6 nitrogen and oxygen atoms in total. The number of fused-ring (bicyclic) bond motifs is 1. The molecule has 2 heterocycles. The maximum atomic E-state index is 12.1. The van der Waals surface area contributed by atoms with Crippen molar-refractivity contribution < 1.29 is 4.79 Å². The zero-order valence-electron chi connectivity index (χ0n) is 17.3. The van der Waals surface area contributed by atoms with Crippen LogP contribution in [0.2, 0.25) is 5.02 Å². The van der Waals surface area contributed by atoms with Gasteiger partial charge in [-0.25, -0.2) is 4.98 Å². The van der Waals surface area contributed by atoms with Crippen molar-refractivity contribution in [3.63, 3.8) is 0 Å². The molecule has 1 saturated carbocycles. The van der Waals surface area contributed by atoms with Crippen LogP contribution in [0.1, 0.15) is 38.5 Å². The second kappa shape index (κ2) is 9.52. The number of nitrogens with zero attached hydrogens (tertiary/aromatic N) is 3. The van der Waals surface area contributed by atoms with Crippen molar-refractivity contribution in [3.8, 4) is 11.3 Å². The molecule has 3 aromatic rings. The molecule has 1 fully saturated rings. The van der Waals surface area contributed by atoms with Crippen LogP contribution in [0.4, 0.5) is 5.82 Å². The second-order valence-electron chi connectivity index (χ2n) is 7.98. The van der Waals surface area contributed by atoms with E-state index in [1.54, 1.807) is 0 Å². The van der Waals surface area contributed by atoms with E-state index < -0.39 is 0 Å². The first-order valence-corrected chi connectivity index (χ1v) is 11.1. The predicted molar refractivity (Wildman–Crippen MR) is 124 cm³/mol. The van der Waals surface area contributed by atoms with Crippen LogP contribution in [0.25, 0.3) is 16.9 Å². The van der Waals surface area contributed by atoms with Crippen LogP contribution in [0.15, 0.2) is 36.5 Å². The molecule has 2 aromatic heterocycles. The molecule has 0 spiro atoms. The van der Waals surface area contributed by atoms with Crippen LogP contribution < -0.4 is 16.1 Å². The molecule has 8 heteroatoms. The van der Waals surface area contributed by atoms with Crippen molar-refractivity contribution in [2.45, 2.75) is 38.5 Å². The quantitative estimate of drug-likeness (QED) is 0.432. The highest BCUT2D eigenvalue weighted by atomic mass is 35.5. The molecule has 1 aliphatic rings. The van der Waals surface area contributed by atoms with E-state index in [4.69, 9.17) is 16.6 Å². The standard InChI is InChI=1S/C22H27BClN5O/c23-17-14-27-29-20(13-19(28-21(17)29)16-9-3-4-10-18(16)24)25-11-5-6-12-26-22(30)15-7-1-2-8-15/h3-4,9-10,13-15,25H,1-2,5-8,11-12,23H2,(H,26,30). The average molecular weight is 424 g/mol. The van der Waals surface area contributed by atoms with Crippen molar-refractivity contribution in [2.75, 3.05) is 18.4 Å². The van der Waals surface area contributed by atoms with Gasteiger partial charge >= 0.3 is 0 Å².